The highest BCUT2D eigenvalue weighted by atomic mass is 16.5. The van der Waals surface area contributed by atoms with Crippen molar-refractivity contribution in [3.05, 3.63) is 58.7 Å². The molecule has 1 N–H and O–H groups in total. The first-order valence-electron chi connectivity index (χ1n) is 6.73. The van der Waals surface area contributed by atoms with Crippen molar-refractivity contribution in [3.8, 4) is 5.75 Å². The largest absolute Gasteiger partial charge is 0.481 e. The topological polar surface area (TPSA) is 21.3 Å². The van der Waals surface area contributed by atoms with E-state index < -0.39 is 0 Å². The zero-order chi connectivity index (χ0) is 13.4. The molecule has 2 aromatic carbocycles. The van der Waals surface area contributed by atoms with Gasteiger partial charge in [-0.25, -0.2) is 0 Å². The van der Waals surface area contributed by atoms with Crippen LogP contribution in [0.5, 0.6) is 5.75 Å². The molecule has 2 aromatic rings. The molecule has 3 rings (SSSR count). The van der Waals surface area contributed by atoms with Gasteiger partial charge in [0.2, 0.25) is 0 Å². The Balaban J connectivity index is 1.99. The highest BCUT2D eigenvalue weighted by Gasteiger charge is 2.24. The lowest BCUT2D eigenvalue weighted by molar-refractivity contribution is 0.209. The summed E-state index contributed by atoms with van der Waals surface area (Å²) < 4.78 is 6.22. The van der Waals surface area contributed by atoms with Crippen LogP contribution in [0.15, 0.2) is 36.4 Å². The first-order valence-corrected chi connectivity index (χ1v) is 6.73. The van der Waals surface area contributed by atoms with Gasteiger partial charge in [0, 0.05) is 0 Å². The van der Waals surface area contributed by atoms with E-state index in [0.29, 0.717) is 0 Å². The Bertz CT molecular complexity index is 604. The highest BCUT2D eigenvalue weighted by Crippen LogP contribution is 2.40. The van der Waals surface area contributed by atoms with Crippen LogP contribution in [0, 0.1) is 20.8 Å². The van der Waals surface area contributed by atoms with Crippen molar-refractivity contribution in [1.82, 2.24) is 0 Å². The Morgan fingerprint density at radius 1 is 1.05 bits per heavy atom. The smallest absolute Gasteiger partial charge is 0.146 e. The van der Waals surface area contributed by atoms with Gasteiger partial charge in [-0.15, -0.1) is 0 Å². The molecule has 1 aliphatic heterocycles. The number of benzene rings is 2. The fraction of sp³-hybridized carbons (Fsp3) is 0.294. The molecule has 98 valence electrons. The Morgan fingerprint density at radius 3 is 2.53 bits per heavy atom. The standard InChI is InChI=1S/C17H19NO/c1-11-9-12(2)17-16(13(11)3)18-10-15(19-17)14-7-5-4-6-8-14/h4-9,15,18H,10H2,1-3H3. The molecule has 2 nitrogen and oxygen atoms in total. The zero-order valence-corrected chi connectivity index (χ0v) is 11.7. The predicted octanol–water partition coefficient (Wildman–Crippen LogP) is 4.16. The monoisotopic (exact) mass is 253 g/mol. The van der Waals surface area contributed by atoms with E-state index in [1.54, 1.807) is 0 Å². The summed E-state index contributed by atoms with van der Waals surface area (Å²) in [6.07, 6.45) is 0.0921. The predicted molar refractivity (Wildman–Crippen MR) is 79.0 cm³/mol. The fourth-order valence-corrected chi connectivity index (χ4v) is 2.66. The van der Waals surface area contributed by atoms with E-state index in [4.69, 9.17) is 4.74 Å². The number of aryl methyl sites for hydroxylation is 2. The Morgan fingerprint density at radius 2 is 1.79 bits per heavy atom. The molecule has 0 bridgehead atoms. The summed E-state index contributed by atoms with van der Waals surface area (Å²) in [5.74, 6) is 1.00. The van der Waals surface area contributed by atoms with E-state index in [-0.39, 0.29) is 6.10 Å². The molecule has 1 heterocycles. The number of nitrogens with one attached hydrogen (secondary N) is 1. The number of rotatable bonds is 1. The maximum Gasteiger partial charge on any atom is 0.146 e. The summed E-state index contributed by atoms with van der Waals surface area (Å²) in [5.41, 5.74) is 6.17. The summed E-state index contributed by atoms with van der Waals surface area (Å²) >= 11 is 0. The summed E-state index contributed by atoms with van der Waals surface area (Å²) in [7, 11) is 0. The van der Waals surface area contributed by atoms with Crippen molar-refractivity contribution < 1.29 is 4.74 Å². The first-order chi connectivity index (χ1) is 9.16. The lowest BCUT2D eigenvalue weighted by Gasteiger charge is -2.30. The van der Waals surface area contributed by atoms with Crippen LogP contribution < -0.4 is 10.1 Å². The number of hydrogen-bond donors (Lipinski definition) is 1. The molecule has 1 atom stereocenters. The summed E-state index contributed by atoms with van der Waals surface area (Å²) in [6, 6.07) is 12.6. The summed E-state index contributed by atoms with van der Waals surface area (Å²) in [5, 5.41) is 3.54. The molecule has 0 aromatic heterocycles. The van der Waals surface area contributed by atoms with Gasteiger partial charge in [-0.3, -0.25) is 0 Å². The van der Waals surface area contributed by atoms with E-state index in [2.05, 4.69) is 56.4 Å². The molecule has 1 aliphatic rings. The van der Waals surface area contributed by atoms with E-state index in [1.165, 1.54) is 22.3 Å². The van der Waals surface area contributed by atoms with Crippen LogP contribution in [0.4, 0.5) is 5.69 Å². The van der Waals surface area contributed by atoms with Crippen LogP contribution in [0.3, 0.4) is 0 Å². The van der Waals surface area contributed by atoms with Gasteiger partial charge in [0.1, 0.15) is 11.9 Å². The van der Waals surface area contributed by atoms with Crippen LogP contribution in [0.2, 0.25) is 0 Å². The molecule has 0 saturated heterocycles. The van der Waals surface area contributed by atoms with Crippen LogP contribution in [0.25, 0.3) is 0 Å². The molecular formula is C17H19NO. The van der Waals surface area contributed by atoms with Crippen molar-refractivity contribution >= 4 is 5.69 Å². The van der Waals surface area contributed by atoms with Crippen molar-refractivity contribution in [2.75, 3.05) is 11.9 Å². The normalized spacial score (nSPS) is 17.3. The minimum Gasteiger partial charge on any atom is -0.481 e. The van der Waals surface area contributed by atoms with E-state index in [9.17, 15) is 0 Å². The van der Waals surface area contributed by atoms with Gasteiger partial charge in [-0.05, 0) is 43.0 Å². The van der Waals surface area contributed by atoms with Crippen molar-refractivity contribution in [1.29, 1.82) is 0 Å². The van der Waals surface area contributed by atoms with Gasteiger partial charge < -0.3 is 10.1 Å². The minimum absolute atomic E-state index is 0.0921. The maximum atomic E-state index is 6.22. The molecule has 0 spiro atoms. The minimum atomic E-state index is 0.0921. The second kappa shape index (κ2) is 4.61. The lowest BCUT2D eigenvalue weighted by atomic mass is 10.0. The zero-order valence-electron chi connectivity index (χ0n) is 11.7. The van der Waals surface area contributed by atoms with Crippen LogP contribution in [-0.2, 0) is 0 Å². The Labute approximate surface area is 114 Å². The lowest BCUT2D eigenvalue weighted by Crippen LogP contribution is -2.25. The van der Waals surface area contributed by atoms with Gasteiger partial charge in [0.25, 0.3) is 0 Å². The van der Waals surface area contributed by atoms with Crippen LogP contribution >= 0.6 is 0 Å². The van der Waals surface area contributed by atoms with Crippen LogP contribution in [0.1, 0.15) is 28.4 Å². The van der Waals surface area contributed by atoms with Gasteiger partial charge >= 0.3 is 0 Å². The van der Waals surface area contributed by atoms with E-state index in [1.807, 2.05) is 6.07 Å². The molecule has 0 radical (unpaired) electrons. The number of anilines is 1. The van der Waals surface area contributed by atoms with Gasteiger partial charge in [-0.2, -0.15) is 0 Å². The Kier molecular flexibility index (Phi) is 2.94. The Hall–Kier alpha value is -1.96. The average Bonchev–Trinajstić information content (AvgIpc) is 2.45. The SMILES string of the molecule is Cc1cc(C)c2c(c1C)NCC(c1ccccc1)O2. The molecule has 0 aliphatic carbocycles. The summed E-state index contributed by atoms with van der Waals surface area (Å²) in [6.45, 7) is 7.22. The first kappa shape index (κ1) is 12.1. The summed E-state index contributed by atoms with van der Waals surface area (Å²) in [4.78, 5) is 0. The molecule has 1 unspecified atom stereocenters. The second-order valence-electron chi connectivity index (χ2n) is 5.24. The molecule has 2 heteroatoms. The molecule has 0 saturated carbocycles. The van der Waals surface area contributed by atoms with Crippen molar-refractivity contribution in [2.24, 2.45) is 0 Å². The number of fused-ring (bicyclic) bond motifs is 1. The molecule has 19 heavy (non-hydrogen) atoms. The molecule has 0 fully saturated rings. The second-order valence-corrected chi connectivity index (χ2v) is 5.24. The third-order valence-electron chi connectivity index (χ3n) is 3.88. The third-order valence-corrected chi connectivity index (χ3v) is 3.88. The fourth-order valence-electron chi connectivity index (χ4n) is 2.66. The average molecular weight is 253 g/mol. The molecular weight excluding hydrogens is 234 g/mol. The number of hydrogen-bond acceptors (Lipinski definition) is 2. The highest BCUT2D eigenvalue weighted by molar-refractivity contribution is 5.68. The quantitative estimate of drug-likeness (QED) is 0.824. The van der Waals surface area contributed by atoms with Crippen molar-refractivity contribution in [2.45, 2.75) is 26.9 Å². The van der Waals surface area contributed by atoms with E-state index >= 15 is 0 Å². The van der Waals surface area contributed by atoms with Gasteiger partial charge in [0.05, 0.1) is 12.2 Å². The van der Waals surface area contributed by atoms with E-state index in [0.717, 1.165) is 18.0 Å². The molecule has 0 amide bonds. The third kappa shape index (κ3) is 2.07. The van der Waals surface area contributed by atoms with Gasteiger partial charge in [0.15, 0.2) is 0 Å². The number of ether oxygens (including phenoxy) is 1. The maximum absolute atomic E-state index is 6.22. The van der Waals surface area contributed by atoms with Gasteiger partial charge in [-0.1, -0.05) is 36.4 Å². The van der Waals surface area contributed by atoms with Crippen LogP contribution in [-0.4, -0.2) is 6.54 Å². The van der Waals surface area contributed by atoms with Crippen molar-refractivity contribution in [3.63, 3.8) is 0 Å².